The Kier molecular flexibility index (Phi) is 12.2. The number of amides is 1. The van der Waals surface area contributed by atoms with Crippen molar-refractivity contribution < 1.29 is 34.4 Å². The van der Waals surface area contributed by atoms with Crippen LogP contribution in [0.3, 0.4) is 0 Å². The number of aliphatic hydroxyl groups excluding tert-OH is 1. The molecule has 1 fully saturated rings. The van der Waals surface area contributed by atoms with Gasteiger partial charge in [0.25, 0.3) is 0 Å². The van der Waals surface area contributed by atoms with E-state index in [9.17, 15) is 24.9 Å². The number of nitrogens with one attached hydrogen (secondary N) is 1. The molecule has 1 heterocycles. The first kappa shape index (κ1) is 31.4. The lowest BCUT2D eigenvalue weighted by Gasteiger charge is -2.32. The summed E-state index contributed by atoms with van der Waals surface area (Å²) in [5.74, 6) is 0.0298. The van der Waals surface area contributed by atoms with Crippen molar-refractivity contribution in [2.24, 2.45) is 0 Å². The Balaban J connectivity index is 1.50. The number of phenolic OH excluding ortho intramolecular Hbond substituents is 2. The maximum atomic E-state index is 12.9. The second kappa shape index (κ2) is 15.6. The molecule has 220 valence electrons. The van der Waals surface area contributed by atoms with Gasteiger partial charge in [-0.2, -0.15) is 0 Å². The van der Waals surface area contributed by atoms with Crippen molar-refractivity contribution in [2.75, 3.05) is 26.8 Å². The molecule has 0 aliphatic carbocycles. The number of phenols is 2. The Labute approximate surface area is 237 Å². The van der Waals surface area contributed by atoms with E-state index in [2.05, 4.69) is 10.2 Å². The van der Waals surface area contributed by atoms with Crippen molar-refractivity contribution in [1.29, 1.82) is 0 Å². The van der Waals surface area contributed by atoms with Crippen LogP contribution in [0.4, 0.5) is 0 Å². The molecule has 4 N–H and O–H groups in total. The zero-order valence-electron chi connectivity index (χ0n) is 23.8. The molecule has 9 nitrogen and oxygen atoms in total. The van der Waals surface area contributed by atoms with Gasteiger partial charge in [0, 0.05) is 38.1 Å². The number of ether oxygens (including phenoxy) is 2. The second-order valence-corrected chi connectivity index (χ2v) is 10.8. The summed E-state index contributed by atoms with van der Waals surface area (Å²) < 4.78 is 11.0. The van der Waals surface area contributed by atoms with Crippen LogP contribution < -0.4 is 10.1 Å². The summed E-state index contributed by atoms with van der Waals surface area (Å²) in [5, 5.41) is 33.7. The van der Waals surface area contributed by atoms with Crippen LogP contribution in [-0.2, 0) is 9.53 Å². The van der Waals surface area contributed by atoms with Crippen LogP contribution in [-0.4, -0.2) is 76.9 Å². The quantitative estimate of drug-likeness (QED) is 0.137. The van der Waals surface area contributed by atoms with Crippen LogP contribution in [0.2, 0.25) is 0 Å². The Morgan fingerprint density at radius 1 is 1.02 bits per heavy atom. The molecule has 1 saturated heterocycles. The third-order valence-electron chi connectivity index (χ3n) is 7.21. The summed E-state index contributed by atoms with van der Waals surface area (Å²) in [6.07, 6.45) is 3.73. The molecule has 0 radical (unpaired) electrons. The van der Waals surface area contributed by atoms with Gasteiger partial charge in [-0.15, -0.1) is 0 Å². The van der Waals surface area contributed by atoms with E-state index in [0.29, 0.717) is 43.5 Å². The fourth-order valence-corrected chi connectivity index (χ4v) is 5.11. The summed E-state index contributed by atoms with van der Waals surface area (Å²) >= 11 is 0. The molecule has 0 bridgehead atoms. The van der Waals surface area contributed by atoms with Crippen molar-refractivity contribution in [3.63, 3.8) is 0 Å². The second-order valence-electron chi connectivity index (χ2n) is 10.8. The maximum Gasteiger partial charge on any atom is 0.220 e. The minimum atomic E-state index is -1.07. The number of hydrogen-bond donors (Lipinski definition) is 4. The summed E-state index contributed by atoms with van der Waals surface area (Å²) in [5.41, 5.74) is 1.06. The van der Waals surface area contributed by atoms with E-state index >= 15 is 0 Å². The van der Waals surface area contributed by atoms with Gasteiger partial charge in [-0.3, -0.25) is 14.5 Å². The van der Waals surface area contributed by atoms with Gasteiger partial charge in [-0.1, -0.05) is 12.5 Å². The van der Waals surface area contributed by atoms with Gasteiger partial charge >= 0.3 is 0 Å². The first-order chi connectivity index (χ1) is 19.2. The number of Topliss-reactive ketones (excluding diaryl/α,β-unsaturated/α-hetero) is 1. The first-order valence-corrected chi connectivity index (χ1v) is 14.2. The van der Waals surface area contributed by atoms with Gasteiger partial charge in [0.1, 0.15) is 11.9 Å². The molecular weight excluding hydrogens is 512 g/mol. The highest BCUT2D eigenvalue weighted by Gasteiger charge is 2.31. The molecule has 1 amide bonds. The predicted molar refractivity (Wildman–Crippen MR) is 153 cm³/mol. The van der Waals surface area contributed by atoms with Gasteiger partial charge in [-0.05, 0) is 88.0 Å². The topological polar surface area (TPSA) is 129 Å². The maximum absolute atomic E-state index is 12.9. The van der Waals surface area contributed by atoms with E-state index in [1.807, 2.05) is 26.0 Å². The normalized spacial score (nSPS) is 17.1. The SMILES string of the molecule is COCC1CCCN1C[C@@H](NC(=O)CCCCCC(=O)c1ccc(OC(C)C)cc1)C(O)c1ccc(O)c(O)c1. The van der Waals surface area contributed by atoms with Crippen LogP contribution in [0.1, 0.15) is 80.8 Å². The number of benzene rings is 2. The number of carbonyl (C=O) groups is 2. The fraction of sp³-hybridized carbons (Fsp3) is 0.548. The Bertz CT molecular complexity index is 1090. The predicted octanol–water partition coefficient (Wildman–Crippen LogP) is 4.35. The third kappa shape index (κ3) is 9.50. The van der Waals surface area contributed by atoms with Crippen molar-refractivity contribution in [3.8, 4) is 17.2 Å². The van der Waals surface area contributed by atoms with Gasteiger partial charge < -0.3 is 30.1 Å². The number of nitrogens with zero attached hydrogens (tertiary/aromatic N) is 1. The number of aromatic hydroxyl groups is 2. The van der Waals surface area contributed by atoms with Crippen LogP contribution in [0.15, 0.2) is 42.5 Å². The number of likely N-dealkylation sites (tertiary alicyclic amines) is 1. The third-order valence-corrected chi connectivity index (χ3v) is 7.21. The minimum absolute atomic E-state index is 0.0668. The van der Waals surface area contributed by atoms with Gasteiger partial charge in [0.2, 0.25) is 5.91 Å². The smallest absolute Gasteiger partial charge is 0.220 e. The zero-order valence-corrected chi connectivity index (χ0v) is 23.8. The molecule has 2 aromatic carbocycles. The van der Waals surface area contributed by atoms with Crippen molar-refractivity contribution in [3.05, 3.63) is 53.6 Å². The molecule has 9 heteroatoms. The summed E-state index contributed by atoms with van der Waals surface area (Å²) in [7, 11) is 1.66. The summed E-state index contributed by atoms with van der Waals surface area (Å²) in [4.78, 5) is 27.6. The van der Waals surface area contributed by atoms with Crippen LogP contribution in [0.5, 0.6) is 17.2 Å². The molecule has 2 unspecified atom stereocenters. The molecule has 0 aromatic heterocycles. The van der Waals surface area contributed by atoms with E-state index in [1.54, 1.807) is 19.2 Å². The lowest BCUT2D eigenvalue weighted by Crippen LogP contribution is -2.49. The standard InChI is InChI=1S/C31H44N2O7/c1-21(2)40-25-14-11-22(12-15-25)27(34)9-5-4-6-10-30(37)32-26(19-33-17-7-8-24(33)20-39-3)31(38)23-13-16-28(35)29(36)18-23/h11-16,18,21,24,26,31,35-36,38H,4-10,17,19-20H2,1-3H3,(H,32,37)/t24?,26-,31?/m1/s1. The lowest BCUT2D eigenvalue weighted by atomic mass is 10.00. The van der Waals surface area contributed by atoms with E-state index in [4.69, 9.17) is 9.47 Å². The highest BCUT2D eigenvalue weighted by molar-refractivity contribution is 5.96. The van der Waals surface area contributed by atoms with Crippen molar-refractivity contribution in [1.82, 2.24) is 10.2 Å². The van der Waals surface area contributed by atoms with Crippen LogP contribution in [0.25, 0.3) is 0 Å². The molecule has 3 rings (SSSR count). The molecular formula is C31H44N2O7. The van der Waals surface area contributed by atoms with Gasteiger partial charge in [-0.25, -0.2) is 0 Å². The molecule has 3 atom stereocenters. The Morgan fingerprint density at radius 2 is 1.75 bits per heavy atom. The average molecular weight is 557 g/mol. The molecule has 1 aliphatic rings. The molecule has 1 aliphatic heterocycles. The lowest BCUT2D eigenvalue weighted by molar-refractivity contribution is -0.123. The first-order valence-electron chi connectivity index (χ1n) is 14.2. The highest BCUT2D eigenvalue weighted by atomic mass is 16.5. The van der Waals surface area contributed by atoms with Gasteiger partial charge in [0.05, 0.1) is 18.8 Å². The molecule has 40 heavy (non-hydrogen) atoms. The Hall–Kier alpha value is -3.14. The largest absolute Gasteiger partial charge is 0.504 e. The number of hydrogen-bond acceptors (Lipinski definition) is 8. The van der Waals surface area contributed by atoms with E-state index in [-0.39, 0.29) is 41.8 Å². The zero-order chi connectivity index (χ0) is 29.1. The van der Waals surface area contributed by atoms with E-state index < -0.39 is 12.1 Å². The van der Waals surface area contributed by atoms with E-state index in [0.717, 1.165) is 31.6 Å². The van der Waals surface area contributed by atoms with Crippen LogP contribution in [0, 0.1) is 0 Å². The molecule has 2 aromatic rings. The average Bonchev–Trinajstić information content (AvgIpc) is 3.36. The minimum Gasteiger partial charge on any atom is -0.504 e. The number of carbonyl (C=O) groups excluding carboxylic acids is 2. The monoisotopic (exact) mass is 556 g/mol. The van der Waals surface area contributed by atoms with Crippen molar-refractivity contribution in [2.45, 2.75) is 83.1 Å². The number of aliphatic hydroxyl groups is 1. The Morgan fingerprint density at radius 3 is 2.42 bits per heavy atom. The summed E-state index contributed by atoms with van der Waals surface area (Å²) in [6, 6.07) is 11.0. The van der Waals surface area contributed by atoms with Crippen LogP contribution >= 0.6 is 0 Å². The number of ketones is 1. The number of methoxy groups -OCH3 is 1. The fourth-order valence-electron chi connectivity index (χ4n) is 5.11. The number of rotatable bonds is 16. The molecule has 0 saturated carbocycles. The van der Waals surface area contributed by atoms with Gasteiger partial charge in [0.15, 0.2) is 17.3 Å². The van der Waals surface area contributed by atoms with E-state index in [1.165, 1.54) is 18.2 Å². The molecule has 0 spiro atoms. The number of unbranched alkanes of at least 4 members (excludes halogenated alkanes) is 2. The summed E-state index contributed by atoms with van der Waals surface area (Å²) in [6.45, 7) is 5.75. The highest BCUT2D eigenvalue weighted by Crippen LogP contribution is 2.30. The van der Waals surface area contributed by atoms with Crippen molar-refractivity contribution >= 4 is 11.7 Å².